The Morgan fingerprint density at radius 1 is 1.61 bits per heavy atom. The first-order valence-corrected chi connectivity index (χ1v) is 6.37. The predicted molar refractivity (Wildman–Crippen MR) is 67.2 cm³/mol. The van der Waals surface area contributed by atoms with E-state index in [4.69, 9.17) is 4.74 Å². The molecule has 0 aromatic carbocycles. The van der Waals surface area contributed by atoms with Gasteiger partial charge in [-0.25, -0.2) is 4.79 Å². The molecule has 2 amide bonds. The summed E-state index contributed by atoms with van der Waals surface area (Å²) in [6.07, 6.45) is 4.69. The number of carbonyl (C=O) groups excluding carboxylic acids is 1. The van der Waals surface area contributed by atoms with Crippen LogP contribution >= 0.6 is 0 Å². The topological polar surface area (TPSA) is 59.4 Å². The maximum atomic E-state index is 11.8. The second kappa shape index (κ2) is 6.39. The van der Waals surface area contributed by atoms with E-state index in [0.717, 1.165) is 13.0 Å². The summed E-state index contributed by atoms with van der Waals surface area (Å²) < 4.78 is 7.26. The number of rotatable bonds is 4. The minimum absolute atomic E-state index is 0.00520. The SMILES string of the molecule is C[C@H]1CN(C(=O)NCCCn2cccn2)CCO1. The van der Waals surface area contributed by atoms with E-state index >= 15 is 0 Å². The molecule has 0 saturated carbocycles. The van der Waals surface area contributed by atoms with E-state index in [-0.39, 0.29) is 12.1 Å². The summed E-state index contributed by atoms with van der Waals surface area (Å²) in [5, 5.41) is 7.04. The van der Waals surface area contributed by atoms with Crippen LogP contribution in [0.2, 0.25) is 0 Å². The molecule has 6 nitrogen and oxygen atoms in total. The Balaban J connectivity index is 1.62. The number of nitrogens with zero attached hydrogens (tertiary/aromatic N) is 3. The molecule has 1 aliphatic rings. The number of nitrogens with one attached hydrogen (secondary N) is 1. The summed E-state index contributed by atoms with van der Waals surface area (Å²) >= 11 is 0. The molecule has 0 aliphatic carbocycles. The summed E-state index contributed by atoms with van der Waals surface area (Å²) in [6.45, 7) is 5.45. The Kier molecular flexibility index (Phi) is 4.58. The van der Waals surface area contributed by atoms with E-state index < -0.39 is 0 Å². The van der Waals surface area contributed by atoms with Crippen molar-refractivity contribution >= 4 is 6.03 Å². The second-order valence-corrected chi connectivity index (χ2v) is 4.48. The van der Waals surface area contributed by atoms with E-state index in [9.17, 15) is 4.79 Å². The normalized spacial score (nSPS) is 19.8. The third kappa shape index (κ3) is 3.73. The van der Waals surface area contributed by atoms with E-state index in [1.807, 2.05) is 28.8 Å². The molecule has 100 valence electrons. The van der Waals surface area contributed by atoms with Gasteiger partial charge in [-0.05, 0) is 19.4 Å². The van der Waals surface area contributed by atoms with E-state index in [1.54, 1.807) is 6.20 Å². The van der Waals surface area contributed by atoms with E-state index in [1.165, 1.54) is 0 Å². The molecule has 2 rings (SSSR count). The monoisotopic (exact) mass is 252 g/mol. The number of hydrogen-bond acceptors (Lipinski definition) is 3. The Bertz CT molecular complexity index is 366. The fourth-order valence-corrected chi connectivity index (χ4v) is 1.98. The highest BCUT2D eigenvalue weighted by atomic mass is 16.5. The summed E-state index contributed by atoms with van der Waals surface area (Å²) in [6, 6.07) is 1.90. The number of aryl methyl sites for hydroxylation is 1. The lowest BCUT2D eigenvalue weighted by Crippen LogP contribution is -2.49. The molecule has 1 N–H and O–H groups in total. The standard InChI is InChI=1S/C12H20N4O2/c1-11-10-15(8-9-18-11)12(17)13-4-2-6-16-7-3-5-14-16/h3,5,7,11H,2,4,6,8-10H2,1H3,(H,13,17)/t11-/m0/s1. The van der Waals surface area contributed by atoms with Crippen molar-refractivity contribution in [3.8, 4) is 0 Å². The minimum atomic E-state index is 0.00520. The molecule has 6 heteroatoms. The first-order valence-electron chi connectivity index (χ1n) is 6.37. The highest BCUT2D eigenvalue weighted by molar-refractivity contribution is 5.74. The van der Waals surface area contributed by atoms with Crippen molar-refractivity contribution < 1.29 is 9.53 Å². The summed E-state index contributed by atoms with van der Waals surface area (Å²) in [5.41, 5.74) is 0. The van der Waals surface area contributed by atoms with Crippen molar-refractivity contribution in [2.24, 2.45) is 0 Å². The number of amides is 2. The molecule has 1 aliphatic heterocycles. The van der Waals surface area contributed by atoms with Gasteiger partial charge in [0.05, 0.1) is 12.7 Å². The van der Waals surface area contributed by atoms with Gasteiger partial charge in [0.25, 0.3) is 0 Å². The largest absolute Gasteiger partial charge is 0.375 e. The average molecular weight is 252 g/mol. The number of morpholine rings is 1. The van der Waals surface area contributed by atoms with Gasteiger partial charge in [0.2, 0.25) is 0 Å². The van der Waals surface area contributed by atoms with Crippen molar-refractivity contribution in [2.75, 3.05) is 26.2 Å². The zero-order valence-electron chi connectivity index (χ0n) is 10.7. The molecule has 18 heavy (non-hydrogen) atoms. The van der Waals surface area contributed by atoms with Gasteiger partial charge in [-0.1, -0.05) is 0 Å². The van der Waals surface area contributed by atoms with Crippen LogP contribution in [0.4, 0.5) is 4.79 Å². The number of urea groups is 1. The molecule has 1 aromatic heterocycles. The summed E-state index contributed by atoms with van der Waals surface area (Å²) in [7, 11) is 0. The molecule has 1 atom stereocenters. The number of carbonyl (C=O) groups is 1. The minimum Gasteiger partial charge on any atom is -0.375 e. The Morgan fingerprint density at radius 3 is 3.22 bits per heavy atom. The Labute approximate surface area is 107 Å². The quantitative estimate of drug-likeness (QED) is 0.803. The molecule has 1 fully saturated rings. The van der Waals surface area contributed by atoms with Crippen LogP contribution in [-0.2, 0) is 11.3 Å². The van der Waals surface area contributed by atoms with Crippen molar-refractivity contribution in [3.05, 3.63) is 18.5 Å². The van der Waals surface area contributed by atoms with Crippen LogP contribution in [-0.4, -0.2) is 53.1 Å². The van der Waals surface area contributed by atoms with Gasteiger partial charge in [-0.15, -0.1) is 0 Å². The van der Waals surface area contributed by atoms with Gasteiger partial charge in [0, 0.05) is 38.6 Å². The Morgan fingerprint density at radius 2 is 2.50 bits per heavy atom. The second-order valence-electron chi connectivity index (χ2n) is 4.48. The summed E-state index contributed by atoms with van der Waals surface area (Å²) in [4.78, 5) is 13.6. The van der Waals surface area contributed by atoms with Crippen LogP contribution < -0.4 is 5.32 Å². The highest BCUT2D eigenvalue weighted by Gasteiger charge is 2.20. The van der Waals surface area contributed by atoms with Crippen LogP contribution in [0, 0.1) is 0 Å². The lowest BCUT2D eigenvalue weighted by Gasteiger charge is -2.31. The number of ether oxygens (including phenoxy) is 1. The molecule has 0 unspecified atom stereocenters. The number of hydrogen-bond donors (Lipinski definition) is 1. The molecule has 0 spiro atoms. The first-order chi connectivity index (χ1) is 8.75. The van der Waals surface area contributed by atoms with Gasteiger partial charge >= 0.3 is 6.03 Å². The van der Waals surface area contributed by atoms with Crippen LogP contribution in [0.25, 0.3) is 0 Å². The lowest BCUT2D eigenvalue weighted by molar-refractivity contribution is -0.00345. The van der Waals surface area contributed by atoms with Crippen LogP contribution in [0.15, 0.2) is 18.5 Å². The fraction of sp³-hybridized carbons (Fsp3) is 0.667. The van der Waals surface area contributed by atoms with E-state index in [2.05, 4.69) is 10.4 Å². The molecular formula is C12H20N4O2. The zero-order valence-corrected chi connectivity index (χ0v) is 10.7. The van der Waals surface area contributed by atoms with Crippen LogP contribution in [0.5, 0.6) is 0 Å². The molecule has 2 heterocycles. The van der Waals surface area contributed by atoms with Crippen LogP contribution in [0.1, 0.15) is 13.3 Å². The number of aromatic nitrogens is 2. The third-order valence-electron chi connectivity index (χ3n) is 2.93. The van der Waals surface area contributed by atoms with Gasteiger partial charge in [0.1, 0.15) is 0 Å². The predicted octanol–water partition coefficient (Wildman–Crippen LogP) is 0.703. The van der Waals surface area contributed by atoms with Gasteiger partial charge < -0.3 is 15.0 Å². The third-order valence-corrected chi connectivity index (χ3v) is 2.93. The van der Waals surface area contributed by atoms with Crippen molar-refractivity contribution in [2.45, 2.75) is 26.0 Å². The summed E-state index contributed by atoms with van der Waals surface area (Å²) in [5.74, 6) is 0. The van der Waals surface area contributed by atoms with Crippen molar-refractivity contribution in [3.63, 3.8) is 0 Å². The molecule has 1 aromatic rings. The molecule has 0 radical (unpaired) electrons. The fourth-order valence-electron chi connectivity index (χ4n) is 1.98. The van der Waals surface area contributed by atoms with E-state index in [0.29, 0.717) is 26.2 Å². The van der Waals surface area contributed by atoms with Crippen molar-refractivity contribution in [1.82, 2.24) is 20.0 Å². The molecular weight excluding hydrogens is 232 g/mol. The highest BCUT2D eigenvalue weighted by Crippen LogP contribution is 2.04. The molecule has 1 saturated heterocycles. The van der Waals surface area contributed by atoms with Crippen LogP contribution in [0.3, 0.4) is 0 Å². The van der Waals surface area contributed by atoms with Gasteiger partial charge in [-0.2, -0.15) is 5.10 Å². The zero-order chi connectivity index (χ0) is 12.8. The average Bonchev–Trinajstić information content (AvgIpc) is 2.87. The lowest BCUT2D eigenvalue weighted by atomic mass is 10.3. The van der Waals surface area contributed by atoms with Gasteiger partial charge in [-0.3, -0.25) is 4.68 Å². The first kappa shape index (κ1) is 12.9. The maximum absolute atomic E-state index is 11.8. The smallest absolute Gasteiger partial charge is 0.317 e. The van der Waals surface area contributed by atoms with Crippen molar-refractivity contribution in [1.29, 1.82) is 0 Å². The Hall–Kier alpha value is -1.56. The maximum Gasteiger partial charge on any atom is 0.317 e. The molecule has 0 bridgehead atoms. The van der Waals surface area contributed by atoms with Gasteiger partial charge in [0.15, 0.2) is 0 Å².